The number of nitrogens with one attached hydrogen (secondary N) is 1. The van der Waals surface area contributed by atoms with Crippen LogP contribution in [0.4, 0.5) is 4.79 Å². The van der Waals surface area contributed by atoms with E-state index in [9.17, 15) is 14.4 Å². The molecule has 1 aromatic heterocycles. The number of imide groups is 1. The smallest absolute Gasteiger partial charge is 0.293 e. The maximum absolute atomic E-state index is 12.4. The highest BCUT2D eigenvalue weighted by Crippen LogP contribution is 2.31. The highest BCUT2D eigenvalue weighted by Gasteiger charge is 2.34. The van der Waals surface area contributed by atoms with E-state index in [1.807, 2.05) is 30.3 Å². The predicted molar refractivity (Wildman–Crippen MR) is 95.7 cm³/mol. The number of hydrogen-bond acceptors (Lipinski definition) is 5. The van der Waals surface area contributed by atoms with Crippen LogP contribution in [0.25, 0.3) is 6.08 Å². The third kappa shape index (κ3) is 4.13. The van der Waals surface area contributed by atoms with Crippen LogP contribution in [0.3, 0.4) is 0 Å². The van der Waals surface area contributed by atoms with E-state index in [1.165, 1.54) is 12.4 Å². The van der Waals surface area contributed by atoms with Crippen molar-refractivity contribution in [1.29, 1.82) is 0 Å². The van der Waals surface area contributed by atoms with Gasteiger partial charge in [-0.15, -0.1) is 0 Å². The minimum absolute atomic E-state index is 0.133. The van der Waals surface area contributed by atoms with Crippen molar-refractivity contribution >= 4 is 34.9 Å². The molecule has 0 spiro atoms. The zero-order valence-corrected chi connectivity index (χ0v) is 14.0. The lowest BCUT2D eigenvalue weighted by Gasteiger charge is -2.12. The summed E-state index contributed by atoms with van der Waals surface area (Å²) >= 11 is 0.909. The van der Waals surface area contributed by atoms with Crippen LogP contribution in [-0.4, -0.2) is 40.0 Å². The Hall–Kier alpha value is -2.93. The molecule has 126 valence electrons. The van der Waals surface area contributed by atoms with E-state index < -0.39 is 0 Å². The van der Waals surface area contributed by atoms with Crippen molar-refractivity contribution in [1.82, 2.24) is 15.2 Å². The zero-order valence-electron chi connectivity index (χ0n) is 13.2. The van der Waals surface area contributed by atoms with Gasteiger partial charge in [-0.3, -0.25) is 24.3 Å². The van der Waals surface area contributed by atoms with E-state index in [2.05, 4.69) is 10.3 Å². The molecule has 7 heteroatoms. The number of nitrogens with zero attached hydrogens (tertiary/aromatic N) is 2. The van der Waals surface area contributed by atoms with Crippen LogP contribution in [0.2, 0.25) is 0 Å². The van der Waals surface area contributed by atoms with Crippen molar-refractivity contribution in [3.05, 3.63) is 70.9 Å². The number of rotatable bonds is 5. The third-order valence-electron chi connectivity index (χ3n) is 3.53. The molecule has 0 atom stereocenters. The molecule has 2 aromatic rings. The Morgan fingerprint density at radius 2 is 1.84 bits per heavy atom. The van der Waals surface area contributed by atoms with Crippen molar-refractivity contribution in [2.75, 3.05) is 13.1 Å². The Balaban J connectivity index is 1.58. The lowest BCUT2D eigenvalue weighted by Crippen LogP contribution is -2.37. The summed E-state index contributed by atoms with van der Waals surface area (Å²) in [4.78, 5) is 41.7. The molecule has 0 saturated carbocycles. The van der Waals surface area contributed by atoms with Crippen LogP contribution in [0.15, 0.2) is 59.8 Å². The molecule has 3 rings (SSSR count). The fraction of sp³-hybridized carbons (Fsp3) is 0.111. The average Bonchev–Trinajstić information content (AvgIpc) is 2.90. The third-order valence-corrected chi connectivity index (χ3v) is 4.44. The molecule has 1 aromatic carbocycles. The highest BCUT2D eigenvalue weighted by atomic mass is 32.2. The first-order valence-electron chi connectivity index (χ1n) is 7.64. The van der Waals surface area contributed by atoms with Crippen molar-refractivity contribution < 1.29 is 14.4 Å². The Morgan fingerprint density at radius 3 is 2.56 bits per heavy atom. The van der Waals surface area contributed by atoms with E-state index in [1.54, 1.807) is 18.2 Å². The van der Waals surface area contributed by atoms with Crippen LogP contribution in [0.1, 0.15) is 15.9 Å². The molecule has 25 heavy (non-hydrogen) atoms. The normalized spacial score (nSPS) is 15.7. The molecular formula is C18H15N3O3S. The number of carbonyl (C=O) groups is 3. The molecule has 0 unspecified atom stereocenters. The maximum atomic E-state index is 12.4. The molecule has 2 heterocycles. The van der Waals surface area contributed by atoms with Crippen molar-refractivity contribution in [3.8, 4) is 0 Å². The first kappa shape index (κ1) is 16.9. The average molecular weight is 353 g/mol. The van der Waals surface area contributed by atoms with Crippen molar-refractivity contribution in [2.24, 2.45) is 0 Å². The lowest BCUT2D eigenvalue weighted by molar-refractivity contribution is -0.122. The SMILES string of the molecule is O=C(NCCN1C(=O)S/C(=C\c2ccccc2)C1=O)c1ccncc1. The topological polar surface area (TPSA) is 79.4 Å². The molecule has 3 amide bonds. The quantitative estimate of drug-likeness (QED) is 0.836. The molecule has 1 N–H and O–H groups in total. The number of amides is 3. The van der Waals surface area contributed by atoms with Gasteiger partial charge in [0, 0.05) is 31.0 Å². The summed E-state index contributed by atoms with van der Waals surface area (Å²) in [6.07, 6.45) is 4.75. The Kier molecular flexibility index (Phi) is 5.25. The molecule has 1 aliphatic heterocycles. The first-order chi connectivity index (χ1) is 12.1. The standard InChI is InChI=1S/C18H15N3O3S/c22-16(14-6-8-19-9-7-14)20-10-11-21-17(23)15(25-18(21)24)12-13-4-2-1-3-5-13/h1-9,12H,10-11H2,(H,20,22)/b15-12-. The van der Waals surface area contributed by atoms with Gasteiger partial charge in [0.1, 0.15) is 0 Å². The Morgan fingerprint density at radius 1 is 1.12 bits per heavy atom. The van der Waals surface area contributed by atoms with Gasteiger partial charge in [-0.1, -0.05) is 30.3 Å². The minimum Gasteiger partial charge on any atom is -0.350 e. The predicted octanol–water partition coefficient (Wildman–Crippen LogP) is 2.55. The second kappa shape index (κ2) is 7.76. The van der Waals surface area contributed by atoms with Gasteiger partial charge in [-0.05, 0) is 35.5 Å². The van der Waals surface area contributed by atoms with Crippen molar-refractivity contribution in [3.63, 3.8) is 0 Å². The number of carbonyl (C=O) groups excluding carboxylic acids is 3. The van der Waals surface area contributed by atoms with Crippen LogP contribution < -0.4 is 5.32 Å². The molecule has 1 saturated heterocycles. The number of aromatic nitrogens is 1. The second-order valence-corrected chi connectivity index (χ2v) is 6.23. The first-order valence-corrected chi connectivity index (χ1v) is 8.45. The fourth-order valence-corrected chi connectivity index (χ4v) is 3.15. The summed E-state index contributed by atoms with van der Waals surface area (Å²) < 4.78 is 0. The summed E-state index contributed by atoms with van der Waals surface area (Å²) in [5.41, 5.74) is 1.34. The van der Waals surface area contributed by atoms with Gasteiger partial charge in [0.2, 0.25) is 0 Å². The summed E-state index contributed by atoms with van der Waals surface area (Å²) in [6, 6.07) is 12.5. The van der Waals surface area contributed by atoms with Gasteiger partial charge < -0.3 is 5.32 Å². The number of benzene rings is 1. The second-order valence-electron chi connectivity index (χ2n) is 5.24. The van der Waals surface area contributed by atoms with Gasteiger partial charge in [0.15, 0.2) is 0 Å². The number of hydrogen-bond donors (Lipinski definition) is 1. The lowest BCUT2D eigenvalue weighted by atomic mass is 10.2. The summed E-state index contributed by atoms with van der Waals surface area (Å²) in [6.45, 7) is 0.325. The molecule has 0 bridgehead atoms. The van der Waals surface area contributed by atoms with E-state index >= 15 is 0 Å². The summed E-state index contributed by atoms with van der Waals surface area (Å²) in [7, 11) is 0. The van der Waals surface area contributed by atoms with E-state index in [0.29, 0.717) is 10.5 Å². The monoisotopic (exact) mass is 353 g/mol. The van der Waals surface area contributed by atoms with Crippen LogP contribution >= 0.6 is 11.8 Å². The molecule has 0 radical (unpaired) electrons. The van der Waals surface area contributed by atoms with Crippen LogP contribution in [0, 0.1) is 0 Å². The zero-order chi connectivity index (χ0) is 17.6. The Bertz CT molecular complexity index is 822. The van der Waals surface area contributed by atoms with Gasteiger partial charge in [-0.25, -0.2) is 0 Å². The number of thioether (sulfide) groups is 1. The van der Waals surface area contributed by atoms with E-state index in [-0.39, 0.29) is 30.1 Å². The summed E-state index contributed by atoms with van der Waals surface area (Å²) in [5, 5.41) is 2.36. The number of pyridine rings is 1. The molecule has 6 nitrogen and oxygen atoms in total. The maximum Gasteiger partial charge on any atom is 0.293 e. The van der Waals surface area contributed by atoms with Crippen LogP contribution in [0.5, 0.6) is 0 Å². The molecular weight excluding hydrogens is 338 g/mol. The highest BCUT2D eigenvalue weighted by molar-refractivity contribution is 8.18. The molecule has 1 aliphatic rings. The van der Waals surface area contributed by atoms with E-state index in [4.69, 9.17) is 0 Å². The Labute approximate surface area is 148 Å². The van der Waals surface area contributed by atoms with Gasteiger partial charge in [0.25, 0.3) is 17.1 Å². The van der Waals surface area contributed by atoms with Gasteiger partial charge in [0.05, 0.1) is 4.91 Å². The summed E-state index contributed by atoms with van der Waals surface area (Å²) in [5.74, 6) is -0.605. The molecule has 1 fully saturated rings. The fourth-order valence-electron chi connectivity index (χ4n) is 2.28. The minimum atomic E-state index is -0.336. The molecule has 0 aliphatic carbocycles. The van der Waals surface area contributed by atoms with E-state index in [0.717, 1.165) is 22.2 Å². The van der Waals surface area contributed by atoms with Crippen molar-refractivity contribution in [2.45, 2.75) is 0 Å². The largest absolute Gasteiger partial charge is 0.350 e. The van der Waals surface area contributed by atoms with Gasteiger partial charge in [-0.2, -0.15) is 0 Å². The van der Waals surface area contributed by atoms with Gasteiger partial charge >= 0.3 is 0 Å². The van der Waals surface area contributed by atoms with Crippen LogP contribution in [-0.2, 0) is 4.79 Å².